The highest BCUT2D eigenvalue weighted by Gasteiger charge is 2.30. The summed E-state index contributed by atoms with van der Waals surface area (Å²) in [5, 5.41) is 0. The Morgan fingerprint density at radius 2 is 2.04 bits per heavy atom. The summed E-state index contributed by atoms with van der Waals surface area (Å²) in [6.45, 7) is 5.39. The van der Waals surface area contributed by atoms with Gasteiger partial charge in [0.05, 0.1) is 0 Å². The van der Waals surface area contributed by atoms with Gasteiger partial charge >= 0.3 is 0 Å². The first kappa shape index (κ1) is 20.8. The van der Waals surface area contributed by atoms with Gasteiger partial charge in [-0.05, 0) is 70.4 Å². The molecule has 8 heteroatoms. The van der Waals surface area contributed by atoms with Crippen molar-refractivity contribution in [3.8, 4) is 0 Å². The van der Waals surface area contributed by atoms with Crippen LogP contribution in [0.2, 0.25) is 0 Å². The minimum absolute atomic E-state index is 0.148. The number of anilines is 2. The van der Waals surface area contributed by atoms with Gasteiger partial charge in [0, 0.05) is 30.4 Å². The predicted octanol–water partition coefficient (Wildman–Crippen LogP) is 4.70. The molecule has 1 aliphatic heterocycles. The van der Waals surface area contributed by atoms with Crippen molar-refractivity contribution >= 4 is 23.5 Å². The fraction of sp³-hybridized carbons (Fsp3) is 0.450. The fourth-order valence-corrected chi connectivity index (χ4v) is 4.21. The van der Waals surface area contributed by atoms with Gasteiger partial charge in [-0.1, -0.05) is 6.07 Å². The summed E-state index contributed by atoms with van der Waals surface area (Å²) in [7, 11) is 4.09. The molecule has 0 aliphatic carbocycles. The largest absolute Gasteiger partial charge is 0.371 e. The van der Waals surface area contributed by atoms with E-state index >= 15 is 0 Å². The van der Waals surface area contributed by atoms with Crippen LogP contribution in [0.5, 0.6) is 0 Å². The van der Waals surface area contributed by atoms with Crippen molar-refractivity contribution in [3.05, 3.63) is 47.4 Å². The maximum Gasteiger partial charge on any atom is 0.214 e. The van der Waals surface area contributed by atoms with Crippen molar-refractivity contribution < 1.29 is 13.2 Å². The van der Waals surface area contributed by atoms with E-state index in [1.54, 1.807) is 6.92 Å². The smallest absolute Gasteiger partial charge is 0.214 e. The van der Waals surface area contributed by atoms with Gasteiger partial charge in [-0.25, -0.2) is 13.8 Å². The first-order valence-electron chi connectivity index (χ1n) is 9.23. The third-order valence-corrected chi connectivity index (χ3v) is 6.32. The van der Waals surface area contributed by atoms with Gasteiger partial charge in [0.2, 0.25) is 5.95 Å². The van der Waals surface area contributed by atoms with Gasteiger partial charge < -0.3 is 14.5 Å². The molecule has 0 bridgehead atoms. The van der Waals surface area contributed by atoms with Crippen LogP contribution in [-0.2, 0) is 0 Å². The lowest BCUT2D eigenvalue weighted by Gasteiger charge is -2.27. The number of halogens is 3. The zero-order chi connectivity index (χ0) is 20.4. The number of nitrogens with one attached hydrogen (secondary N) is 1. The highest BCUT2D eigenvalue weighted by Crippen LogP contribution is 2.36. The third kappa shape index (κ3) is 4.38. The average molecular weight is 411 g/mol. The minimum Gasteiger partial charge on any atom is -0.371 e. The second-order valence-electron chi connectivity index (χ2n) is 7.39. The summed E-state index contributed by atoms with van der Waals surface area (Å²) in [4.78, 5) is 7.72. The Labute approximate surface area is 168 Å². The van der Waals surface area contributed by atoms with Crippen LogP contribution in [0.15, 0.2) is 29.2 Å². The van der Waals surface area contributed by atoms with E-state index in [1.807, 2.05) is 14.1 Å². The van der Waals surface area contributed by atoms with Crippen molar-refractivity contribution in [2.24, 2.45) is 5.92 Å². The molecule has 0 amide bonds. The van der Waals surface area contributed by atoms with Gasteiger partial charge in [0.1, 0.15) is 22.3 Å². The molecule has 1 unspecified atom stereocenters. The van der Waals surface area contributed by atoms with Gasteiger partial charge in [0.25, 0.3) is 0 Å². The standard InChI is InChI=1S/C20H25F3N4S/c1-12-16(27-9-8-14(11-27)13(2)26(3)4)10-15(21)20(19(12)23)28-25-18-7-5-6-17(22)24-18/h5-7,10,13-14H,8-9,11H2,1-4H3,(H,24,25)/t13-,14?/m1/s1. The number of benzene rings is 1. The highest BCUT2D eigenvalue weighted by atomic mass is 32.2. The molecule has 0 spiro atoms. The fourth-order valence-electron chi connectivity index (χ4n) is 3.49. The van der Waals surface area contributed by atoms with Gasteiger partial charge in [-0.2, -0.15) is 4.39 Å². The topological polar surface area (TPSA) is 31.4 Å². The molecule has 1 fully saturated rings. The van der Waals surface area contributed by atoms with E-state index in [4.69, 9.17) is 0 Å². The number of aromatic nitrogens is 1. The Bertz CT molecular complexity index is 846. The van der Waals surface area contributed by atoms with Crippen LogP contribution in [0.4, 0.5) is 24.7 Å². The molecule has 1 aliphatic rings. The van der Waals surface area contributed by atoms with E-state index in [1.165, 1.54) is 24.3 Å². The molecule has 28 heavy (non-hydrogen) atoms. The van der Waals surface area contributed by atoms with Crippen molar-refractivity contribution in [1.29, 1.82) is 0 Å². The van der Waals surface area contributed by atoms with E-state index in [-0.39, 0.29) is 10.7 Å². The lowest BCUT2D eigenvalue weighted by molar-refractivity contribution is 0.240. The lowest BCUT2D eigenvalue weighted by atomic mass is 10.00. The van der Waals surface area contributed by atoms with Gasteiger partial charge in [-0.3, -0.25) is 0 Å². The van der Waals surface area contributed by atoms with E-state index in [0.717, 1.165) is 31.5 Å². The summed E-state index contributed by atoms with van der Waals surface area (Å²) >= 11 is 0.756. The molecule has 2 heterocycles. The van der Waals surface area contributed by atoms with E-state index in [2.05, 4.69) is 26.4 Å². The first-order valence-corrected chi connectivity index (χ1v) is 10.0. The van der Waals surface area contributed by atoms with Crippen molar-refractivity contribution in [1.82, 2.24) is 9.88 Å². The molecule has 0 radical (unpaired) electrons. The Hall–Kier alpha value is -1.93. The van der Waals surface area contributed by atoms with Crippen molar-refractivity contribution in [2.75, 3.05) is 36.8 Å². The molecule has 4 nitrogen and oxygen atoms in total. The number of nitrogens with zero attached hydrogens (tertiary/aromatic N) is 3. The second kappa shape index (κ2) is 8.61. The Kier molecular flexibility index (Phi) is 6.40. The molecule has 1 aromatic carbocycles. The molecule has 1 saturated heterocycles. The van der Waals surface area contributed by atoms with Gasteiger partial charge in [0.15, 0.2) is 0 Å². The van der Waals surface area contributed by atoms with Crippen LogP contribution in [0, 0.1) is 30.4 Å². The van der Waals surface area contributed by atoms with Crippen LogP contribution >= 0.6 is 11.9 Å². The van der Waals surface area contributed by atoms with E-state index in [0.29, 0.717) is 23.2 Å². The minimum atomic E-state index is -0.659. The number of hydrogen-bond acceptors (Lipinski definition) is 5. The predicted molar refractivity (Wildman–Crippen MR) is 108 cm³/mol. The molecular formula is C20H25F3N4S. The zero-order valence-electron chi connectivity index (χ0n) is 16.5. The second-order valence-corrected chi connectivity index (χ2v) is 8.21. The normalized spacial score (nSPS) is 18.0. The Balaban J connectivity index is 1.77. The summed E-state index contributed by atoms with van der Waals surface area (Å²) in [5.41, 5.74) is 1.01. The number of rotatable bonds is 6. The molecule has 152 valence electrons. The summed E-state index contributed by atoms with van der Waals surface area (Å²) in [6, 6.07) is 6.01. The lowest BCUT2D eigenvalue weighted by Crippen LogP contribution is -2.34. The van der Waals surface area contributed by atoms with Gasteiger partial charge in [-0.15, -0.1) is 0 Å². The summed E-state index contributed by atoms with van der Waals surface area (Å²) in [5.74, 6) is -1.25. The van der Waals surface area contributed by atoms with Crippen LogP contribution in [0.3, 0.4) is 0 Å². The first-order chi connectivity index (χ1) is 13.3. The van der Waals surface area contributed by atoms with Crippen LogP contribution < -0.4 is 9.62 Å². The monoisotopic (exact) mass is 410 g/mol. The molecule has 1 N–H and O–H groups in total. The van der Waals surface area contributed by atoms with Crippen molar-refractivity contribution in [2.45, 2.75) is 31.2 Å². The maximum absolute atomic E-state index is 14.9. The molecule has 2 aromatic rings. The summed E-state index contributed by atoms with van der Waals surface area (Å²) < 4.78 is 45.5. The van der Waals surface area contributed by atoms with Crippen molar-refractivity contribution in [3.63, 3.8) is 0 Å². The number of hydrogen-bond donors (Lipinski definition) is 1. The highest BCUT2D eigenvalue weighted by molar-refractivity contribution is 8.00. The quantitative estimate of drug-likeness (QED) is 0.551. The molecule has 3 rings (SSSR count). The zero-order valence-corrected chi connectivity index (χ0v) is 17.3. The molecule has 1 aromatic heterocycles. The average Bonchev–Trinajstić information content (AvgIpc) is 3.13. The third-order valence-electron chi connectivity index (χ3n) is 5.43. The Morgan fingerprint density at radius 3 is 2.71 bits per heavy atom. The Morgan fingerprint density at radius 1 is 1.29 bits per heavy atom. The molecular weight excluding hydrogens is 385 g/mol. The SMILES string of the molecule is Cc1c(N2CCC([C@@H](C)N(C)C)C2)cc(F)c(SNc2cccc(F)n2)c1F. The molecule has 2 atom stereocenters. The maximum atomic E-state index is 14.9. The van der Waals surface area contributed by atoms with Crippen LogP contribution in [0.1, 0.15) is 18.9 Å². The van der Waals surface area contributed by atoms with Crippen LogP contribution in [0.25, 0.3) is 0 Å². The van der Waals surface area contributed by atoms with Crippen LogP contribution in [-0.4, -0.2) is 43.1 Å². The van der Waals surface area contributed by atoms with E-state index < -0.39 is 17.6 Å². The summed E-state index contributed by atoms with van der Waals surface area (Å²) in [6.07, 6.45) is 0.991. The molecule has 0 saturated carbocycles. The number of pyridine rings is 1. The van der Waals surface area contributed by atoms with E-state index in [9.17, 15) is 13.2 Å².